The Bertz CT molecular complexity index is 699. The molecular formula is C19H23N3O3. The van der Waals surface area contributed by atoms with Gasteiger partial charge in [-0.1, -0.05) is 13.0 Å². The molecule has 2 aromatic rings. The number of pyridine rings is 1. The van der Waals surface area contributed by atoms with Gasteiger partial charge in [-0.05, 0) is 36.8 Å². The van der Waals surface area contributed by atoms with Gasteiger partial charge >= 0.3 is 0 Å². The predicted molar refractivity (Wildman–Crippen MR) is 94.7 cm³/mol. The van der Waals surface area contributed by atoms with Crippen LogP contribution in [0.1, 0.15) is 18.9 Å². The van der Waals surface area contributed by atoms with Gasteiger partial charge in [0, 0.05) is 31.4 Å². The van der Waals surface area contributed by atoms with E-state index < -0.39 is 0 Å². The molecule has 1 amide bonds. The summed E-state index contributed by atoms with van der Waals surface area (Å²) in [5, 5.41) is 6.03. The molecule has 0 bridgehead atoms. The number of hydrogen-bond acceptors (Lipinski definition) is 5. The van der Waals surface area contributed by atoms with Gasteiger partial charge < -0.3 is 20.1 Å². The molecule has 0 aliphatic carbocycles. The van der Waals surface area contributed by atoms with Crippen molar-refractivity contribution in [2.45, 2.75) is 19.9 Å². The molecule has 0 spiro atoms. The van der Waals surface area contributed by atoms with E-state index in [9.17, 15) is 4.79 Å². The molecule has 2 N–H and O–H groups in total. The number of carbonyl (C=O) groups excluding carboxylic acids is 1. The lowest BCUT2D eigenvalue weighted by Gasteiger charge is -2.25. The lowest BCUT2D eigenvalue weighted by Crippen LogP contribution is -2.50. The number of rotatable bonds is 8. The van der Waals surface area contributed by atoms with Crippen molar-refractivity contribution >= 4 is 5.91 Å². The molecule has 25 heavy (non-hydrogen) atoms. The maximum atomic E-state index is 12.0. The zero-order chi connectivity index (χ0) is 17.5. The second kappa shape index (κ2) is 8.48. The van der Waals surface area contributed by atoms with Crippen molar-refractivity contribution in [1.29, 1.82) is 0 Å². The van der Waals surface area contributed by atoms with E-state index in [1.165, 1.54) is 0 Å². The maximum Gasteiger partial charge on any atom is 0.225 e. The van der Waals surface area contributed by atoms with Crippen LogP contribution >= 0.6 is 0 Å². The van der Waals surface area contributed by atoms with Gasteiger partial charge in [0.15, 0.2) is 0 Å². The normalized spacial score (nSPS) is 13.8. The van der Waals surface area contributed by atoms with Crippen LogP contribution in [0.15, 0.2) is 42.6 Å². The van der Waals surface area contributed by atoms with Crippen molar-refractivity contribution in [2.24, 2.45) is 5.92 Å². The highest BCUT2D eigenvalue weighted by atomic mass is 16.5. The fraction of sp³-hybridized carbons (Fsp3) is 0.368. The molecule has 1 fully saturated rings. The van der Waals surface area contributed by atoms with E-state index in [2.05, 4.69) is 22.5 Å². The van der Waals surface area contributed by atoms with Gasteiger partial charge in [-0.15, -0.1) is 0 Å². The van der Waals surface area contributed by atoms with Crippen LogP contribution < -0.4 is 20.1 Å². The molecule has 0 unspecified atom stereocenters. The molecule has 132 valence electrons. The summed E-state index contributed by atoms with van der Waals surface area (Å²) < 4.78 is 11.4. The lowest BCUT2D eigenvalue weighted by atomic mass is 10.0. The molecule has 3 rings (SSSR count). The Morgan fingerprint density at radius 2 is 2.00 bits per heavy atom. The number of ether oxygens (including phenoxy) is 2. The third-order valence-corrected chi connectivity index (χ3v) is 3.97. The summed E-state index contributed by atoms with van der Waals surface area (Å²) in [7, 11) is 0. The molecule has 6 nitrogen and oxygen atoms in total. The lowest BCUT2D eigenvalue weighted by molar-refractivity contribution is -0.126. The van der Waals surface area contributed by atoms with Crippen LogP contribution in [0.5, 0.6) is 17.4 Å². The fourth-order valence-corrected chi connectivity index (χ4v) is 2.39. The molecule has 1 saturated heterocycles. The average Bonchev–Trinajstić information content (AvgIpc) is 2.59. The summed E-state index contributed by atoms with van der Waals surface area (Å²) in [6.07, 6.45) is 2.65. The van der Waals surface area contributed by atoms with Crippen molar-refractivity contribution in [3.63, 3.8) is 0 Å². The standard InChI is InChI=1S/C19H23N3O3/c1-2-10-24-16-5-7-17(8-6-16)25-19-14(4-3-9-21-19)13-22-18(23)15-11-20-12-15/h3-9,15,20H,2,10-13H2,1H3,(H,22,23). The van der Waals surface area contributed by atoms with E-state index in [-0.39, 0.29) is 11.8 Å². The SMILES string of the molecule is CCCOc1ccc(Oc2ncccc2CNC(=O)C2CNC2)cc1. The van der Waals surface area contributed by atoms with Crippen molar-refractivity contribution in [2.75, 3.05) is 19.7 Å². The summed E-state index contributed by atoms with van der Waals surface area (Å²) in [6, 6.07) is 11.2. The number of benzene rings is 1. The molecule has 0 atom stereocenters. The van der Waals surface area contributed by atoms with Crippen molar-refractivity contribution < 1.29 is 14.3 Å². The Balaban J connectivity index is 1.61. The predicted octanol–water partition coefficient (Wildman–Crippen LogP) is 2.50. The highest BCUT2D eigenvalue weighted by molar-refractivity contribution is 5.80. The first-order valence-electron chi connectivity index (χ1n) is 8.59. The van der Waals surface area contributed by atoms with E-state index in [1.807, 2.05) is 36.4 Å². The molecule has 0 saturated carbocycles. The number of nitrogens with one attached hydrogen (secondary N) is 2. The van der Waals surface area contributed by atoms with E-state index in [0.29, 0.717) is 24.8 Å². The Labute approximate surface area is 147 Å². The second-order valence-electron chi connectivity index (χ2n) is 5.96. The Kier molecular flexibility index (Phi) is 5.85. The van der Waals surface area contributed by atoms with Gasteiger partial charge in [0.2, 0.25) is 11.8 Å². The Morgan fingerprint density at radius 1 is 1.24 bits per heavy atom. The van der Waals surface area contributed by atoms with Gasteiger partial charge in [-0.3, -0.25) is 4.79 Å². The number of carbonyl (C=O) groups is 1. The summed E-state index contributed by atoms with van der Waals surface area (Å²) in [5.41, 5.74) is 0.842. The number of nitrogens with zero attached hydrogens (tertiary/aromatic N) is 1. The Hall–Kier alpha value is -2.60. The minimum atomic E-state index is 0.0611. The summed E-state index contributed by atoms with van der Waals surface area (Å²) in [6.45, 7) is 4.65. The van der Waals surface area contributed by atoms with E-state index in [4.69, 9.17) is 9.47 Å². The summed E-state index contributed by atoms with van der Waals surface area (Å²) in [5.74, 6) is 2.12. The van der Waals surface area contributed by atoms with Gasteiger partial charge in [-0.25, -0.2) is 4.98 Å². The highest BCUT2D eigenvalue weighted by Gasteiger charge is 2.24. The molecule has 0 radical (unpaired) electrons. The molecule has 6 heteroatoms. The number of amides is 1. The maximum absolute atomic E-state index is 12.0. The van der Waals surface area contributed by atoms with Crippen LogP contribution in [0.2, 0.25) is 0 Å². The minimum Gasteiger partial charge on any atom is -0.494 e. The first-order valence-corrected chi connectivity index (χ1v) is 8.59. The fourth-order valence-electron chi connectivity index (χ4n) is 2.39. The van der Waals surface area contributed by atoms with E-state index in [0.717, 1.165) is 30.8 Å². The molecule has 1 aliphatic heterocycles. The van der Waals surface area contributed by atoms with Crippen molar-refractivity contribution in [1.82, 2.24) is 15.6 Å². The van der Waals surface area contributed by atoms with Crippen LogP contribution in [0, 0.1) is 5.92 Å². The van der Waals surface area contributed by atoms with Crippen LogP contribution in [-0.2, 0) is 11.3 Å². The summed E-state index contributed by atoms with van der Waals surface area (Å²) >= 11 is 0. The third-order valence-electron chi connectivity index (χ3n) is 3.97. The molecule has 1 aromatic heterocycles. The smallest absolute Gasteiger partial charge is 0.225 e. The first-order chi connectivity index (χ1) is 12.3. The average molecular weight is 341 g/mol. The van der Waals surface area contributed by atoms with E-state index in [1.54, 1.807) is 6.20 Å². The molecule has 1 aliphatic rings. The van der Waals surface area contributed by atoms with Gasteiger partial charge in [0.05, 0.1) is 12.5 Å². The van der Waals surface area contributed by atoms with Crippen LogP contribution in [0.3, 0.4) is 0 Å². The third kappa shape index (κ3) is 4.70. The summed E-state index contributed by atoms with van der Waals surface area (Å²) in [4.78, 5) is 16.3. The van der Waals surface area contributed by atoms with Gasteiger partial charge in [0.1, 0.15) is 11.5 Å². The number of hydrogen-bond donors (Lipinski definition) is 2. The molecule has 1 aromatic carbocycles. The minimum absolute atomic E-state index is 0.0611. The van der Waals surface area contributed by atoms with Gasteiger partial charge in [0.25, 0.3) is 0 Å². The van der Waals surface area contributed by atoms with Crippen LogP contribution in [0.4, 0.5) is 0 Å². The Morgan fingerprint density at radius 3 is 2.68 bits per heavy atom. The van der Waals surface area contributed by atoms with Gasteiger partial charge in [-0.2, -0.15) is 0 Å². The monoisotopic (exact) mass is 341 g/mol. The molecule has 2 heterocycles. The number of aromatic nitrogens is 1. The van der Waals surface area contributed by atoms with Crippen LogP contribution in [0.25, 0.3) is 0 Å². The topological polar surface area (TPSA) is 72.5 Å². The van der Waals surface area contributed by atoms with Crippen LogP contribution in [-0.4, -0.2) is 30.6 Å². The largest absolute Gasteiger partial charge is 0.494 e. The zero-order valence-corrected chi connectivity index (χ0v) is 14.3. The zero-order valence-electron chi connectivity index (χ0n) is 14.3. The second-order valence-corrected chi connectivity index (χ2v) is 5.96. The van der Waals surface area contributed by atoms with Crippen molar-refractivity contribution in [3.8, 4) is 17.4 Å². The molecular weight excluding hydrogens is 318 g/mol. The first kappa shape index (κ1) is 17.2. The quantitative estimate of drug-likeness (QED) is 0.772. The van der Waals surface area contributed by atoms with Crippen molar-refractivity contribution in [3.05, 3.63) is 48.2 Å². The highest BCUT2D eigenvalue weighted by Crippen LogP contribution is 2.25. The van der Waals surface area contributed by atoms with E-state index >= 15 is 0 Å².